The van der Waals surface area contributed by atoms with Gasteiger partial charge in [0.1, 0.15) is 13.2 Å². The molecule has 0 N–H and O–H groups in total. The molecule has 0 saturated carbocycles. The van der Waals surface area contributed by atoms with Gasteiger partial charge in [-0.25, -0.2) is 0 Å². The molecule has 1 unspecified atom stereocenters. The van der Waals surface area contributed by atoms with Crippen LogP contribution in [0.15, 0.2) is 109 Å². The molecule has 6 nitrogen and oxygen atoms in total. The highest BCUT2D eigenvalue weighted by molar-refractivity contribution is 5.71. The Morgan fingerprint density at radius 3 is 0.756 bits per heavy atom. The number of ether oxygens (including phenoxy) is 3. The first-order valence-corrected chi connectivity index (χ1v) is 34.9. The summed E-state index contributed by atoms with van der Waals surface area (Å²) in [5, 5.41) is 0. The molecule has 0 aromatic heterocycles. The largest absolute Gasteiger partial charge is 0.462 e. The van der Waals surface area contributed by atoms with Crippen LogP contribution in [0.25, 0.3) is 0 Å². The minimum atomic E-state index is -0.794. The predicted octanol–water partition coefficient (Wildman–Crippen LogP) is 24.2. The summed E-state index contributed by atoms with van der Waals surface area (Å²) < 4.78 is 17.0. The molecule has 0 amide bonds. The minimum Gasteiger partial charge on any atom is -0.462 e. The van der Waals surface area contributed by atoms with Crippen molar-refractivity contribution in [1.82, 2.24) is 0 Å². The summed E-state index contributed by atoms with van der Waals surface area (Å²) in [7, 11) is 0. The Labute approximate surface area is 508 Å². The molecule has 0 aliphatic rings. The quantitative estimate of drug-likeness (QED) is 0.0261. The van der Waals surface area contributed by atoms with Gasteiger partial charge < -0.3 is 14.2 Å². The highest BCUT2D eigenvalue weighted by Gasteiger charge is 2.19. The molecule has 0 fully saturated rings. The van der Waals surface area contributed by atoms with E-state index in [4.69, 9.17) is 14.2 Å². The lowest BCUT2D eigenvalue weighted by atomic mass is 10.0. The van der Waals surface area contributed by atoms with Crippen molar-refractivity contribution >= 4 is 17.9 Å². The number of hydrogen-bond donors (Lipinski definition) is 0. The summed E-state index contributed by atoms with van der Waals surface area (Å²) in [6.45, 7) is 6.52. The molecular weight excluding hydrogens is 1010 g/mol. The molecule has 0 heterocycles. The van der Waals surface area contributed by atoms with Crippen LogP contribution in [-0.4, -0.2) is 37.2 Å². The number of unbranched alkanes of at least 4 members (excludes halogenated alkanes) is 34. The van der Waals surface area contributed by atoms with Gasteiger partial charge in [-0.3, -0.25) is 14.4 Å². The van der Waals surface area contributed by atoms with Crippen molar-refractivity contribution in [1.29, 1.82) is 0 Å². The lowest BCUT2D eigenvalue weighted by Crippen LogP contribution is -2.30. The summed E-state index contributed by atoms with van der Waals surface area (Å²) in [5.74, 6) is -0.908. The van der Waals surface area contributed by atoms with Gasteiger partial charge in [-0.2, -0.15) is 0 Å². The van der Waals surface area contributed by atoms with Crippen LogP contribution in [0.1, 0.15) is 335 Å². The third-order valence-electron chi connectivity index (χ3n) is 15.0. The molecule has 6 heteroatoms. The van der Waals surface area contributed by atoms with E-state index in [0.29, 0.717) is 19.3 Å². The van der Waals surface area contributed by atoms with Crippen molar-refractivity contribution in [3.05, 3.63) is 109 Å². The van der Waals surface area contributed by atoms with Gasteiger partial charge in [0, 0.05) is 19.3 Å². The zero-order valence-corrected chi connectivity index (χ0v) is 54.0. The molecule has 82 heavy (non-hydrogen) atoms. The molecule has 0 aliphatic heterocycles. The van der Waals surface area contributed by atoms with Gasteiger partial charge in [-0.15, -0.1) is 0 Å². The molecule has 0 aliphatic carbocycles. The van der Waals surface area contributed by atoms with Crippen molar-refractivity contribution in [2.75, 3.05) is 13.2 Å². The van der Waals surface area contributed by atoms with Crippen LogP contribution in [0.3, 0.4) is 0 Å². The second-order valence-corrected chi connectivity index (χ2v) is 23.1. The van der Waals surface area contributed by atoms with Crippen LogP contribution in [0.2, 0.25) is 0 Å². The van der Waals surface area contributed by atoms with Crippen LogP contribution < -0.4 is 0 Å². The zero-order valence-electron chi connectivity index (χ0n) is 54.0. The number of rotatable bonds is 63. The topological polar surface area (TPSA) is 78.9 Å². The third kappa shape index (κ3) is 66.9. The monoisotopic (exact) mass is 1140 g/mol. The average Bonchev–Trinajstić information content (AvgIpc) is 3.47. The normalized spacial score (nSPS) is 12.8. The van der Waals surface area contributed by atoms with Gasteiger partial charge in [-0.1, -0.05) is 316 Å². The van der Waals surface area contributed by atoms with E-state index in [1.54, 1.807) is 0 Å². The van der Waals surface area contributed by atoms with Gasteiger partial charge in [0.05, 0.1) is 0 Å². The van der Waals surface area contributed by atoms with Gasteiger partial charge in [0.25, 0.3) is 0 Å². The molecule has 1 atom stereocenters. The van der Waals surface area contributed by atoms with E-state index in [-0.39, 0.29) is 31.1 Å². The summed E-state index contributed by atoms with van der Waals surface area (Å²) >= 11 is 0. The zero-order chi connectivity index (χ0) is 59.2. The number of allylic oxidation sites excluding steroid dienone is 18. The van der Waals surface area contributed by atoms with Crippen LogP contribution >= 0.6 is 0 Å². The Kier molecular flexibility index (Phi) is 66.2. The van der Waals surface area contributed by atoms with E-state index in [1.807, 2.05) is 0 Å². The van der Waals surface area contributed by atoms with Crippen molar-refractivity contribution in [2.45, 2.75) is 341 Å². The summed E-state index contributed by atoms with van der Waals surface area (Å²) in [6, 6.07) is 0. The van der Waals surface area contributed by atoms with E-state index >= 15 is 0 Å². The third-order valence-corrected chi connectivity index (χ3v) is 15.0. The van der Waals surface area contributed by atoms with E-state index in [9.17, 15) is 14.4 Å². The minimum absolute atomic E-state index is 0.0867. The lowest BCUT2D eigenvalue weighted by Gasteiger charge is -2.18. The predicted molar refractivity (Wildman–Crippen MR) is 357 cm³/mol. The maximum atomic E-state index is 13.0. The van der Waals surface area contributed by atoms with Crippen LogP contribution in [0.4, 0.5) is 0 Å². The summed E-state index contributed by atoms with van der Waals surface area (Å²) in [4.78, 5) is 38.4. The van der Waals surface area contributed by atoms with Crippen molar-refractivity contribution < 1.29 is 28.6 Å². The highest BCUT2D eigenvalue weighted by atomic mass is 16.6. The highest BCUT2D eigenvalue weighted by Crippen LogP contribution is 2.17. The fraction of sp³-hybridized carbons (Fsp3) is 0.724. The molecule has 0 rings (SSSR count). The van der Waals surface area contributed by atoms with Crippen LogP contribution in [0.5, 0.6) is 0 Å². The van der Waals surface area contributed by atoms with Crippen LogP contribution in [0, 0.1) is 0 Å². The number of esters is 3. The van der Waals surface area contributed by atoms with Crippen molar-refractivity contribution in [2.24, 2.45) is 0 Å². The molecule has 0 bridgehead atoms. The Morgan fingerprint density at radius 2 is 0.476 bits per heavy atom. The van der Waals surface area contributed by atoms with Gasteiger partial charge >= 0.3 is 17.9 Å². The first-order chi connectivity index (χ1) is 40.5. The molecule has 0 radical (unpaired) electrons. The van der Waals surface area contributed by atoms with Gasteiger partial charge in [0.15, 0.2) is 6.10 Å². The fourth-order valence-corrected chi connectivity index (χ4v) is 9.81. The van der Waals surface area contributed by atoms with Crippen LogP contribution in [-0.2, 0) is 28.6 Å². The average molecular weight is 1140 g/mol. The first-order valence-electron chi connectivity index (χ1n) is 34.9. The smallest absolute Gasteiger partial charge is 0.306 e. The van der Waals surface area contributed by atoms with Crippen molar-refractivity contribution in [3.63, 3.8) is 0 Å². The first kappa shape index (κ1) is 78.1. The van der Waals surface area contributed by atoms with E-state index in [0.717, 1.165) is 116 Å². The summed E-state index contributed by atoms with van der Waals surface area (Å²) in [5.41, 5.74) is 0. The second-order valence-electron chi connectivity index (χ2n) is 23.1. The van der Waals surface area contributed by atoms with Gasteiger partial charge in [0.2, 0.25) is 0 Å². The van der Waals surface area contributed by atoms with Crippen molar-refractivity contribution in [3.8, 4) is 0 Å². The Morgan fingerprint density at radius 1 is 0.256 bits per heavy atom. The number of hydrogen-bond acceptors (Lipinski definition) is 6. The molecule has 0 aromatic carbocycles. The molecule has 0 aromatic rings. The second kappa shape index (κ2) is 69.6. The Bertz CT molecular complexity index is 1640. The number of carbonyl (C=O) groups is 3. The van der Waals surface area contributed by atoms with E-state index in [2.05, 4.69) is 130 Å². The molecule has 0 saturated heterocycles. The lowest BCUT2D eigenvalue weighted by molar-refractivity contribution is -0.167. The molecule has 0 spiro atoms. The van der Waals surface area contributed by atoms with E-state index < -0.39 is 6.10 Å². The van der Waals surface area contributed by atoms with Gasteiger partial charge in [-0.05, 0) is 109 Å². The fourth-order valence-electron chi connectivity index (χ4n) is 9.81. The maximum absolute atomic E-state index is 13.0. The number of carbonyl (C=O) groups excluding carboxylic acids is 3. The molecule has 470 valence electrons. The Hall–Kier alpha value is -3.93. The SMILES string of the molecule is CC/C=C\C/C=C\C/C=C\C/C=C\C/C=C\C/C=C\C/C=C\CCCCCC(=O)OCC(COC(=O)CCCCCCCCCCCCCCCC)OC(=O)CCCCCCCCCCCCCCC/C=C\C/C=C\CCCCCCC. The standard InChI is InChI=1S/C76H130O6/c1-4-7-10-13-16-19-22-25-28-30-32-34-36-38-40-42-44-46-48-51-54-57-60-63-66-69-75(78)81-72-73(71-80-74(77)68-65-62-59-56-53-50-27-24-21-18-15-12-9-6-3)82-76(79)70-67-64-61-58-55-52-49-47-45-43-41-39-37-35-33-31-29-26-23-20-17-14-11-8-5-2/h7,10,16,19,23,25-26,28,31-34,38,40,44,46,51,54,73H,4-6,8-9,11-15,17-18,20-22,24,27,29-30,35-37,39,41-43,45,47-50,52-53,55-72H2,1-3H3/b10-7-,19-16-,26-23-,28-25-,33-31-,34-32-,40-38-,46-44-,54-51-. The summed E-state index contributed by atoms with van der Waals surface area (Å²) in [6.07, 6.45) is 95.3. The Balaban J connectivity index is 4.39. The molecular formula is C76H130O6. The maximum Gasteiger partial charge on any atom is 0.306 e. The van der Waals surface area contributed by atoms with E-state index in [1.165, 1.54) is 180 Å².